The highest BCUT2D eigenvalue weighted by atomic mass is 16.5. The summed E-state index contributed by atoms with van der Waals surface area (Å²) in [5, 5.41) is 12.2. The predicted octanol–water partition coefficient (Wildman–Crippen LogP) is 4.55. The molecule has 1 fully saturated rings. The third kappa shape index (κ3) is 4.93. The number of hydrogen-bond acceptors (Lipinski definition) is 4. The van der Waals surface area contributed by atoms with Gasteiger partial charge in [0, 0.05) is 12.0 Å². The number of benzene rings is 2. The highest BCUT2D eigenvalue weighted by Gasteiger charge is 2.40. The van der Waals surface area contributed by atoms with E-state index in [4.69, 9.17) is 4.74 Å². The number of nitrogens with one attached hydrogen (secondary N) is 1. The molecule has 2 amide bonds. The van der Waals surface area contributed by atoms with Crippen LogP contribution in [0.3, 0.4) is 0 Å². The Morgan fingerprint density at radius 2 is 1.59 bits per heavy atom. The van der Waals surface area contributed by atoms with Crippen LogP contribution in [0.25, 0.3) is 11.1 Å². The zero-order valence-corrected chi connectivity index (χ0v) is 19.8. The number of aliphatic carboxylic acids is 1. The van der Waals surface area contributed by atoms with E-state index >= 15 is 0 Å². The van der Waals surface area contributed by atoms with Crippen LogP contribution < -0.4 is 5.32 Å². The molecule has 2 aliphatic carbocycles. The summed E-state index contributed by atoms with van der Waals surface area (Å²) in [7, 11) is 0. The van der Waals surface area contributed by atoms with Gasteiger partial charge in [0.05, 0.1) is 12.0 Å². The first-order valence-electron chi connectivity index (χ1n) is 11.9. The summed E-state index contributed by atoms with van der Waals surface area (Å²) in [5.74, 6) is -1.35. The lowest BCUT2D eigenvalue weighted by Crippen LogP contribution is -2.51. The number of amides is 2. The molecule has 34 heavy (non-hydrogen) atoms. The minimum atomic E-state index is -1.05. The van der Waals surface area contributed by atoms with E-state index in [1.165, 1.54) is 4.90 Å². The Labute approximate surface area is 200 Å². The van der Waals surface area contributed by atoms with E-state index in [9.17, 15) is 19.5 Å². The van der Waals surface area contributed by atoms with Gasteiger partial charge in [-0.15, -0.1) is 0 Å². The van der Waals surface area contributed by atoms with E-state index in [1.54, 1.807) is 13.8 Å². The van der Waals surface area contributed by atoms with Gasteiger partial charge in [0.1, 0.15) is 13.2 Å². The monoisotopic (exact) mass is 464 g/mol. The van der Waals surface area contributed by atoms with E-state index in [0.29, 0.717) is 12.8 Å². The summed E-state index contributed by atoms with van der Waals surface area (Å²) < 4.78 is 5.71. The first kappa shape index (κ1) is 23.8. The molecule has 0 spiro atoms. The minimum absolute atomic E-state index is 0.0358. The van der Waals surface area contributed by atoms with Crippen molar-refractivity contribution in [3.05, 3.63) is 59.7 Å². The van der Waals surface area contributed by atoms with Gasteiger partial charge >= 0.3 is 12.1 Å². The number of carbonyl (C=O) groups excluding carboxylic acids is 2. The largest absolute Gasteiger partial charge is 0.480 e. The Balaban J connectivity index is 1.43. The van der Waals surface area contributed by atoms with Crippen LogP contribution in [0.4, 0.5) is 4.79 Å². The average Bonchev–Trinajstić information content (AvgIpc) is 3.38. The van der Waals surface area contributed by atoms with Crippen molar-refractivity contribution in [2.24, 2.45) is 0 Å². The van der Waals surface area contributed by atoms with Gasteiger partial charge in [-0.2, -0.15) is 0 Å². The van der Waals surface area contributed by atoms with Crippen LogP contribution in [0, 0.1) is 0 Å². The van der Waals surface area contributed by atoms with Crippen molar-refractivity contribution in [2.75, 3.05) is 13.2 Å². The molecule has 0 bridgehead atoms. The number of nitrogens with zero attached hydrogens (tertiary/aromatic N) is 1. The van der Waals surface area contributed by atoms with Crippen molar-refractivity contribution in [1.29, 1.82) is 0 Å². The number of hydrogen-bond donors (Lipinski definition) is 2. The highest BCUT2D eigenvalue weighted by Crippen LogP contribution is 2.44. The molecule has 0 aliphatic heterocycles. The highest BCUT2D eigenvalue weighted by molar-refractivity contribution is 5.83. The first-order valence-corrected chi connectivity index (χ1v) is 11.9. The summed E-state index contributed by atoms with van der Waals surface area (Å²) in [6, 6.07) is 16.1. The van der Waals surface area contributed by atoms with Crippen LogP contribution in [0.5, 0.6) is 0 Å². The molecular formula is C27H32N2O5. The van der Waals surface area contributed by atoms with Crippen LogP contribution in [0.1, 0.15) is 63.0 Å². The van der Waals surface area contributed by atoms with E-state index < -0.39 is 17.6 Å². The van der Waals surface area contributed by atoms with Gasteiger partial charge in [-0.1, -0.05) is 61.4 Å². The summed E-state index contributed by atoms with van der Waals surface area (Å²) >= 11 is 0. The van der Waals surface area contributed by atoms with E-state index in [0.717, 1.165) is 35.1 Å². The van der Waals surface area contributed by atoms with E-state index in [-0.39, 0.29) is 37.4 Å². The zero-order valence-electron chi connectivity index (χ0n) is 19.8. The summed E-state index contributed by atoms with van der Waals surface area (Å²) in [6.45, 7) is 3.45. The number of rotatable bonds is 8. The standard InChI is InChI=1S/C27H32N2O5/c1-18(2)29(16-25(31)32)24(30)15-27(13-7-8-14-27)28-26(33)34-17-23-21-11-5-3-9-19(21)20-10-4-6-12-22(20)23/h3-6,9-12,18,23H,7-8,13-17H2,1-2H3,(H,28,33)(H,31,32). The molecule has 2 N–H and O–H groups in total. The molecule has 180 valence electrons. The van der Waals surface area contributed by atoms with Gasteiger partial charge in [-0.25, -0.2) is 4.79 Å². The smallest absolute Gasteiger partial charge is 0.407 e. The average molecular weight is 465 g/mol. The lowest BCUT2D eigenvalue weighted by atomic mass is 9.92. The van der Waals surface area contributed by atoms with Gasteiger partial charge < -0.3 is 20.1 Å². The second-order valence-corrected chi connectivity index (χ2v) is 9.62. The predicted molar refractivity (Wildman–Crippen MR) is 129 cm³/mol. The van der Waals surface area contributed by atoms with Crippen molar-refractivity contribution in [2.45, 2.75) is 63.5 Å². The maximum Gasteiger partial charge on any atom is 0.407 e. The first-order chi connectivity index (χ1) is 16.3. The van der Waals surface area contributed by atoms with Crippen molar-refractivity contribution in [3.63, 3.8) is 0 Å². The molecule has 0 radical (unpaired) electrons. The molecule has 0 unspecified atom stereocenters. The normalized spacial score (nSPS) is 16.1. The fourth-order valence-corrected chi connectivity index (χ4v) is 5.34. The Kier molecular flexibility index (Phi) is 6.91. The van der Waals surface area contributed by atoms with Gasteiger partial charge in [-0.3, -0.25) is 9.59 Å². The van der Waals surface area contributed by atoms with Crippen molar-refractivity contribution in [3.8, 4) is 11.1 Å². The molecule has 0 atom stereocenters. The lowest BCUT2D eigenvalue weighted by molar-refractivity contribution is -0.146. The van der Waals surface area contributed by atoms with Gasteiger partial charge in [0.2, 0.25) is 5.91 Å². The second-order valence-electron chi connectivity index (χ2n) is 9.62. The molecule has 7 nitrogen and oxygen atoms in total. The minimum Gasteiger partial charge on any atom is -0.480 e. The maximum absolute atomic E-state index is 13.0. The summed E-state index contributed by atoms with van der Waals surface area (Å²) in [5.41, 5.74) is 3.91. The topological polar surface area (TPSA) is 95.9 Å². The third-order valence-electron chi connectivity index (χ3n) is 7.01. The Morgan fingerprint density at radius 3 is 2.12 bits per heavy atom. The molecule has 0 saturated heterocycles. The van der Waals surface area contributed by atoms with E-state index in [2.05, 4.69) is 29.6 Å². The number of carboxylic acid groups (broad SMARTS) is 1. The van der Waals surface area contributed by atoms with Crippen molar-refractivity contribution < 1.29 is 24.2 Å². The van der Waals surface area contributed by atoms with E-state index in [1.807, 2.05) is 24.3 Å². The van der Waals surface area contributed by atoms with Gasteiger partial charge in [0.25, 0.3) is 0 Å². The SMILES string of the molecule is CC(C)N(CC(=O)O)C(=O)CC1(NC(=O)OCC2c3ccccc3-c3ccccc32)CCCC1. The zero-order chi connectivity index (χ0) is 24.3. The quantitative estimate of drug-likeness (QED) is 0.598. The molecule has 2 aliphatic rings. The number of carboxylic acids is 1. The fraction of sp³-hybridized carbons (Fsp3) is 0.444. The molecule has 1 saturated carbocycles. The van der Waals surface area contributed by atoms with Crippen molar-refractivity contribution >= 4 is 18.0 Å². The van der Waals surface area contributed by atoms with Crippen LogP contribution >= 0.6 is 0 Å². The summed E-state index contributed by atoms with van der Waals surface area (Å²) in [6.07, 6.45) is 2.67. The number of ether oxygens (including phenoxy) is 1. The molecule has 2 aromatic rings. The van der Waals surface area contributed by atoms with Crippen LogP contribution in [0.2, 0.25) is 0 Å². The van der Waals surface area contributed by atoms with Crippen LogP contribution in [0.15, 0.2) is 48.5 Å². The maximum atomic E-state index is 13.0. The Morgan fingerprint density at radius 1 is 1.03 bits per heavy atom. The Hall–Kier alpha value is -3.35. The Bertz CT molecular complexity index is 1030. The third-order valence-corrected chi connectivity index (χ3v) is 7.01. The second kappa shape index (κ2) is 9.87. The van der Waals surface area contributed by atoms with Gasteiger partial charge in [-0.05, 0) is 48.9 Å². The molecule has 7 heteroatoms. The summed E-state index contributed by atoms with van der Waals surface area (Å²) in [4.78, 5) is 38.4. The van der Waals surface area contributed by atoms with Gasteiger partial charge in [0.15, 0.2) is 0 Å². The van der Waals surface area contributed by atoms with Crippen LogP contribution in [-0.4, -0.2) is 52.7 Å². The molecule has 4 rings (SSSR count). The molecule has 0 aromatic heterocycles. The lowest BCUT2D eigenvalue weighted by Gasteiger charge is -2.33. The number of alkyl carbamates (subject to hydrolysis) is 1. The molecular weight excluding hydrogens is 432 g/mol. The fourth-order valence-electron chi connectivity index (χ4n) is 5.34. The molecule has 0 heterocycles. The van der Waals surface area contributed by atoms with Crippen molar-refractivity contribution in [1.82, 2.24) is 10.2 Å². The van der Waals surface area contributed by atoms with Crippen LogP contribution in [-0.2, 0) is 14.3 Å². The number of carbonyl (C=O) groups is 3. The molecule has 2 aromatic carbocycles. The number of fused-ring (bicyclic) bond motifs is 3.